The van der Waals surface area contributed by atoms with E-state index in [-0.39, 0.29) is 6.61 Å². The molecule has 0 fully saturated rings. The first-order valence-corrected chi connectivity index (χ1v) is 7.62. The van der Waals surface area contributed by atoms with Crippen molar-refractivity contribution in [2.75, 3.05) is 0 Å². The van der Waals surface area contributed by atoms with Crippen molar-refractivity contribution in [1.82, 2.24) is 4.98 Å². The van der Waals surface area contributed by atoms with Crippen LogP contribution in [0.2, 0.25) is 0 Å². The van der Waals surface area contributed by atoms with Gasteiger partial charge in [-0.3, -0.25) is 4.98 Å². The average molecular weight is 316 g/mol. The second kappa shape index (κ2) is 6.51. The van der Waals surface area contributed by atoms with Gasteiger partial charge in [0, 0.05) is 5.39 Å². The van der Waals surface area contributed by atoms with Crippen molar-refractivity contribution >= 4 is 16.9 Å². The van der Waals surface area contributed by atoms with Crippen LogP contribution >= 0.6 is 0 Å². The third kappa shape index (κ3) is 2.97. The van der Waals surface area contributed by atoms with Crippen molar-refractivity contribution in [3.8, 4) is 6.07 Å². The molecule has 0 aliphatic rings. The molecule has 0 bridgehead atoms. The van der Waals surface area contributed by atoms with Crippen LogP contribution in [0.5, 0.6) is 0 Å². The Hall–Kier alpha value is -3.19. The molecule has 0 N–H and O–H groups in total. The summed E-state index contributed by atoms with van der Waals surface area (Å²) >= 11 is 0. The topological polar surface area (TPSA) is 63.0 Å². The zero-order valence-corrected chi connectivity index (χ0v) is 13.5. The molecule has 24 heavy (non-hydrogen) atoms. The van der Waals surface area contributed by atoms with Crippen LogP contribution in [0, 0.1) is 25.2 Å². The predicted octanol–water partition coefficient (Wildman–Crippen LogP) is 4.08. The van der Waals surface area contributed by atoms with Gasteiger partial charge in [0.15, 0.2) is 0 Å². The standard InChI is InChI=1S/C20H16N2O2/c1-13-17-8-3-4-9-18(17)22-14(2)19(13)20(23)24-12-16-7-5-6-15(10-16)11-21/h3-10H,12H2,1-2H3. The Morgan fingerprint density at radius 1 is 1.17 bits per heavy atom. The fourth-order valence-electron chi connectivity index (χ4n) is 2.78. The van der Waals surface area contributed by atoms with E-state index >= 15 is 0 Å². The molecule has 0 radical (unpaired) electrons. The number of carbonyl (C=O) groups excluding carboxylic acids is 1. The number of aromatic nitrogens is 1. The number of fused-ring (bicyclic) bond motifs is 1. The largest absolute Gasteiger partial charge is 0.457 e. The minimum absolute atomic E-state index is 0.125. The van der Waals surface area contributed by atoms with Gasteiger partial charge in [-0.15, -0.1) is 0 Å². The lowest BCUT2D eigenvalue weighted by molar-refractivity contribution is 0.0470. The van der Waals surface area contributed by atoms with Crippen molar-refractivity contribution < 1.29 is 9.53 Å². The van der Waals surface area contributed by atoms with Crippen LogP contribution in [-0.2, 0) is 11.3 Å². The van der Waals surface area contributed by atoms with Crippen molar-refractivity contribution in [1.29, 1.82) is 5.26 Å². The molecule has 118 valence electrons. The van der Waals surface area contributed by atoms with Gasteiger partial charge in [-0.25, -0.2) is 4.79 Å². The molecule has 0 aliphatic carbocycles. The molecule has 4 nitrogen and oxygen atoms in total. The molecule has 0 spiro atoms. The van der Waals surface area contributed by atoms with Gasteiger partial charge >= 0.3 is 5.97 Å². The summed E-state index contributed by atoms with van der Waals surface area (Å²) in [5.74, 6) is -0.398. The summed E-state index contributed by atoms with van der Waals surface area (Å²) in [4.78, 5) is 17.0. The van der Waals surface area contributed by atoms with E-state index < -0.39 is 5.97 Å². The van der Waals surface area contributed by atoms with Crippen LogP contribution in [0.1, 0.15) is 32.7 Å². The fourth-order valence-corrected chi connectivity index (χ4v) is 2.78. The highest BCUT2D eigenvalue weighted by atomic mass is 16.5. The van der Waals surface area contributed by atoms with Crippen LogP contribution in [0.3, 0.4) is 0 Å². The normalized spacial score (nSPS) is 10.4. The Balaban J connectivity index is 1.87. The van der Waals surface area contributed by atoms with Gasteiger partial charge in [0.2, 0.25) is 0 Å². The van der Waals surface area contributed by atoms with Crippen LogP contribution in [0.25, 0.3) is 10.9 Å². The number of ether oxygens (including phenoxy) is 1. The first kappa shape index (κ1) is 15.7. The second-order valence-electron chi connectivity index (χ2n) is 5.60. The molecule has 0 aliphatic heterocycles. The molecule has 0 saturated heterocycles. The Labute approximate surface area is 140 Å². The maximum absolute atomic E-state index is 12.5. The number of hydrogen-bond donors (Lipinski definition) is 0. The summed E-state index contributed by atoms with van der Waals surface area (Å²) in [6.45, 7) is 3.84. The average Bonchev–Trinajstić information content (AvgIpc) is 2.60. The van der Waals surface area contributed by atoms with Crippen molar-refractivity contribution in [3.05, 3.63) is 76.5 Å². The number of para-hydroxylation sites is 1. The lowest BCUT2D eigenvalue weighted by atomic mass is 10.0. The minimum atomic E-state index is -0.398. The number of esters is 1. The number of aryl methyl sites for hydroxylation is 2. The van der Waals surface area contributed by atoms with E-state index in [9.17, 15) is 4.79 Å². The highest BCUT2D eigenvalue weighted by Gasteiger charge is 2.17. The smallest absolute Gasteiger partial charge is 0.340 e. The Morgan fingerprint density at radius 3 is 2.75 bits per heavy atom. The van der Waals surface area contributed by atoms with Crippen LogP contribution in [0.4, 0.5) is 0 Å². The summed E-state index contributed by atoms with van der Waals surface area (Å²) < 4.78 is 5.44. The molecule has 1 heterocycles. The summed E-state index contributed by atoms with van der Waals surface area (Å²) in [7, 11) is 0. The first-order chi connectivity index (χ1) is 11.6. The van der Waals surface area contributed by atoms with Gasteiger partial charge in [-0.1, -0.05) is 30.3 Å². The van der Waals surface area contributed by atoms with Gasteiger partial charge < -0.3 is 4.74 Å². The van der Waals surface area contributed by atoms with Crippen LogP contribution < -0.4 is 0 Å². The number of benzene rings is 2. The van der Waals surface area contributed by atoms with Gasteiger partial charge in [0.05, 0.1) is 28.4 Å². The minimum Gasteiger partial charge on any atom is -0.457 e. The van der Waals surface area contributed by atoms with E-state index in [2.05, 4.69) is 11.1 Å². The van der Waals surface area contributed by atoms with Crippen LogP contribution in [0.15, 0.2) is 48.5 Å². The van der Waals surface area contributed by atoms with Crippen molar-refractivity contribution in [2.24, 2.45) is 0 Å². The Bertz CT molecular complexity index is 971. The van der Waals surface area contributed by atoms with Gasteiger partial charge in [-0.05, 0) is 43.2 Å². The molecule has 1 aromatic heterocycles. The molecule has 0 unspecified atom stereocenters. The van der Waals surface area contributed by atoms with E-state index in [0.717, 1.165) is 22.0 Å². The highest BCUT2D eigenvalue weighted by Crippen LogP contribution is 2.23. The summed E-state index contributed by atoms with van der Waals surface area (Å²) in [5, 5.41) is 9.87. The van der Waals surface area contributed by atoms with E-state index in [1.165, 1.54) is 0 Å². The first-order valence-electron chi connectivity index (χ1n) is 7.62. The summed E-state index contributed by atoms with van der Waals surface area (Å²) in [6.07, 6.45) is 0. The summed E-state index contributed by atoms with van der Waals surface area (Å²) in [5.41, 5.74) is 4.22. The van der Waals surface area contributed by atoms with E-state index in [4.69, 9.17) is 10.00 Å². The monoisotopic (exact) mass is 316 g/mol. The second-order valence-corrected chi connectivity index (χ2v) is 5.60. The number of rotatable bonds is 3. The predicted molar refractivity (Wildman–Crippen MR) is 91.5 cm³/mol. The maximum atomic E-state index is 12.5. The zero-order valence-electron chi connectivity index (χ0n) is 13.5. The number of carbonyl (C=O) groups is 1. The highest BCUT2D eigenvalue weighted by molar-refractivity contribution is 5.98. The van der Waals surface area contributed by atoms with Gasteiger partial charge in [0.25, 0.3) is 0 Å². The zero-order chi connectivity index (χ0) is 17.1. The number of hydrogen-bond acceptors (Lipinski definition) is 4. The fraction of sp³-hybridized carbons (Fsp3) is 0.150. The molecular formula is C20H16N2O2. The van der Waals surface area contributed by atoms with Gasteiger partial charge in [0.1, 0.15) is 6.61 Å². The SMILES string of the molecule is Cc1nc2ccccc2c(C)c1C(=O)OCc1cccc(C#N)c1. The lowest BCUT2D eigenvalue weighted by Crippen LogP contribution is -2.11. The lowest BCUT2D eigenvalue weighted by Gasteiger charge is -2.12. The Morgan fingerprint density at radius 2 is 1.96 bits per heavy atom. The third-order valence-electron chi connectivity index (χ3n) is 3.96. The number of nitriles is 1. The van der Waals surface area contributed by atoms with Crippen molar-refractivity contribution in [2.45, 2.75) is 20.5 Å². The third-order valence-corrected chi connectivity index (χ3v) is 3.96. The molecule has 4 heteroatoms. The maximum Gasteiger partial charge on any atom is 0.340 e. The quantitative estimate of drug-likeness (QED) is 0.683. The van der Waals surface area contributed by atoms with E-state index in [1.54, 1.807) is 18.2 Å². The van der Waals surface area contributed by atoms with Crippen LogP contribution in [-0.4, -0.2) is 11.0 Å². The van der Waals surface area contributed by atoms with E-state index in [0.29, 0.717) is 16.8 Å². The van der Waals surface area contributed by atoms with Gasteiger partial charge in [-0.2, -0.15) is 5.26 Å². The van der Waals surface area contributed by atoms with E-state index in [1.807, 2.05) is 44.2 Å². The Kier molecular flexibility index (Phi) is 4.26. The summed E-state index contributed by atoms with van der Waals surface area (Å²) in [6, 6.07) is 16.8. The molecule has 3 aromatic rings. The van der Waals surface area contributed by atoms with Crippen molar-refractivity contribution in [3.63, 3.8) is 0 Å². The molecule has 3 rings (SSSR count). The number of pyridine rings is 1. The molecular weight excluding hydrogens is 300 g/mol. The molecule has 2 aromatic carbocycles. The molecule has 0 amide bonds. The molecule has 0 saturated carbocycles. The number of nitrogens with zero attached hydrogens (tertiary/aromatic N) is 2. The molecule has 0 atom stereocenters.